The van der Waals surface area contributed by atoms with Crippen LogP contribution in [0.2, 0.25) is 0 Å². The molecule has 2 atom stereocenters. The molecular weight excluding hydrogens is 416 g/mol. The van der Waals surface area contributed by atoms with E-state index in [1.807, 2.05) is 62.6 Å². The molecule has 1 saturated heterocycles. The Labute approximate surface area is 193 Å². The van der Waals surface area contributed by atoms with Crippen molar-refractivity contribution in [3.8, 4) is 0 Å². The van der Waals surface area contributed by atoms with Crippen LogP contribution in [0.25, 0.3) is 11.0 Å². The maximum Gasteiger partial charge on any atom is 0.260 e. The van der Waals surface area contributed by atoms with E-state index >= 15 is 0 Å². The highest BCUT2D eigenvalue weighted by molar-refractivity contribution is 6.00. The summed E-state index contributed by atoms with van der Waals surface area (Å²) in [6.45, 7) is 8.56. The van der Waals surface area contributed by atoms with Gasteiger partial charge in [-0.1, -0.05) is 44.2 Å². The Morgan fingerprint density at radius 3 is 2.55 bits per heavy atom. The fourth-order valence-corrected chi connectivity index (χ4v) is 4.62. The van der Waals surface area contributed by atoms with E-state index in [1.54, 1.807) is 23.2 Å². The quantitative estimate of drug-likeness (QED) is 0.653. The van der Waals surface area contributed by atoms with Gasteiger partial charge in [-0.05, 0) is 43.9 Å². The highest BCUT2D eigenvalue weighted by Crippen LogP contribution is 2.21. The van der Waals surface area contributed by atoms with E-state index in [4.69, 9.17) is 0 Å². The van der Waals surface area contributed by atoms with Gasteiger partial charge in [-0.25, -0.2) is 4.98 Å². The van der Waals surface area contributed by atoms with E-state index in [-0.39, 0.29) is 28.9 Å². The van der Waals surface area contributed by atoms with Crippen molar-refractivity contribution in [3.63, 3.8) is 0 Å². The first-order chi connectivity index (χ1) is 15.8. The zero-order valence-electron chi connectivity index (χ0n) is 19.5. The van der Waals surface area contributed by atoms with E-state index in [1.165, 1.54) is 0 Å². The normalized spacial score (nSPS) is 18.6. The van der Waals surface area contributed by atoms with E-state index in [2.05, 4.69) is 10.3 Å². The Morgan fingerprint density at radius 1 is 1.15 bits per heavy atom. The third-order valence-electron chi connectivity index (χ3n) is 6.22. The Balaban J connectivity index is 1.74. The molecule has 1 N–H and O–H groups in total. The summed E-state index contributed by atoms with van der Waals surface area (Å²) in [5, 5.41) is 3.49. The monoisotopic (exact) mass is 446 g/mol. The summed E-state index contributed by atoms with van der Waals surface area (Å²) in [6.07, 6.45) is 2.21. The van der Waals surface area contributed by atoms with Gasteiger partial charge in [-0.2, -0.15) is 0 Å². The lowest BCUT2D eigenvalue weighted by molar-refractivity contribution is -0.131. The maximum atomic E-state index is 13.8. The lowest BCUT2D eigenvalue weighted by Crippen LogP contribution is -2.64. The summed E-state index contributed by atoms with van der Waals surface area (Å²) >= 11 is 0. The summed E-state index contributed by atoms with van der Waals surface area (Å²) in [5.41, 5.74) is 2.19. The molecule has 1 aromatic carbocycles. The molecule has 2 amide bonds. The van der Waals surface area contributed by atoms with Crippen molar-refractivity contribution in [1.82, 2.24) is 19.8 Å². The van der Waals surface area contributed by atoms with Crippen molar-refractivity contribution in [3.05, 3.63) is 75.7 Å². The Morgan fingerprint density at radius 2 is 1.88 bits per heavy atom. The number of aryl methyl sites for hydroxylation is 2. The van der Waals surface area contributed by atoms with Gasteiger partial charge in [-0.3, -0.25) is 14.4 Å². The number of hydrogen-bond acceptors (Lipinski definition) is 4. The predicted octanol–water partition coefficient (Wildman–Crippen LogP) is 2.93. The van der Waals surface area contributed by atoms with Crippen molar-refractivity contribution in [2.24, 2.45) is 5.92 Å². The molecule has 0 saturated carbocycles. The molecule has 3 aromatic rings. The van der Waals surface area contributed by atoms with Gasteiger partial charge in [0.2, 0.25) is 11.3 Å². The Hall–Kier alpha value is -3.48. The fraction of sp³-hybridized carbons (Fsp3) is 0.385. The topological polar surface area (TPSA) is 84.3 Å². The number of amides is 2. The van der Waals surface area contributed by atoms with Gasteiger partial charge in [0.1, 0.15) is 17.3 Å². The molecule has 172 valence electrons. The highest BCUT2D eigenvalue weighted by Gasteiger charge is 2.40. The third-order valence-corrected chi connectivity index (χ3v) is 6.22. The number of aromatic nitrogens is 2. The summed E-state index contributed by atoms with van der Waals surface area (Å²) in [5.74, 6) is -0.680. The van der Waals surface area contributed by atoms with Gasteiger partial charge >= 0.3 is 0 Å². The van der Waals surface area contributed by atoms with Crippen LogP contribution in [-0.2, 0) is 17.8 Å². The Bertz CT molecular complexity index is 1250. The van der Waals surface area contributed by atoms with Crippen molar-refractivity contribution in [2.75, 3.05) is 6.54 Å². The molecule has 1 fully saturated rings. The molecular formula is C26H30N4O3. The molecule has 0 unspecified atom stereocenters. The molecule has 1 aliphatic rings. The second-order valence-electron chi connectivity index (χ2n) is 9.02. The minimum atomic E-state index is -0.633. The van der Waals surface area contributed by atoms with Crippen LogP contribution in [0.3, 0.4) is 0 Å². The fourth-order valence-electron chi connectivity index (χ4n) is 4.62. The SMILES string of the molecule is CCn1cc(C(=O)N2C[C@H](Cc3ccccc3)NC(=O)[C@H]2C(C)C)c(=O)c2ccc(C)nc21. The minimum absolute atomic E-state index is 0.0776. The first-order valence-electron chi connectivity index (χ1n) is 11.5. The van der Waals surface area contributed by atoms with Crippen molar-refractivity contribution in [2.45, 2.75) is 52.7 Å². The minimum Gasteiger partial charge on any atom is -0.349 e. The van der Waals surface area contributed by atoms with Crippen LogP contribution in [0.1, 0.15) is 42.4 Å². The number of nitrogens with one attached hydrogen (secondary N) is 1. The van der Waals surface area contributed by atoms with Gasteiger partial charge in [-0.15, -0.1) is 0 Å². The number of carbonyl (C=O) groups excluding carboxylic acids is 2. The van der Waals surface area contributed by atoms with E-state index < -0.39 is 11.9 Å². The molecule has 2 aromatic heterocycles. The number of piperazine rings is 1. The molecule has 0 radical (unpaired) electrons. The predicted molar refractivity (Wildman–Crippen MR) is 128 cm³/mol. The number of benzene rings is 1. The van der Waals surface area contributed by atoms with Crippen molar-refractivity contribution >= 4 is 22.8 Å². The second-order valence-corrected chi connectivity index (χ2v) is 9.02. The molecule has 0 aliphatic carbocycles. The van der Waals surface area contributed by atoms with Crippen molar-refractivity contribution in [1.29, 1.82) is 0 Å². The lowest BCUT2D eigenvalue weighted by Gasteiger charge is -2.41. The molecule has 1 aliphatic heterocycles. The number of hydrogen-bond donors (Lipinski definition) is 1. The van der Waals surface area contributed by atoms with Crippen LogP contribution in [0.5, 0.6) is 0 Å². The van der Waals surface area contributed by atoms with Crippen LogP contribution in [-0.4, -0.2) is 44.9 Å². The molecule has 3 heterocycles. The average molecular weight is 447 g/mol. The Kier molecular flexibility index (Phi) is 6.31. The number of carbonyl (C=O) groups is 2. The molecule has 33 heavy (non-hydrogen) atoms. The summed E-state index contributed by atoms with van der Waals surface area (Å²) in [7, 11) is 0. The average Bonchev–Trinajstić information content (AvgIpc) is 2.79. The molecule has 0 bridgehead atoms. The van der Waals surface area contributed by atoms with Crippen LogP contribution in [0, 0.1) is 12.8 Å². The van der Waals surface area contributed by atoms with Crippen molar-refractivity contribution < 1.29 is 9.59 Å². The first kappa shape index (κ1) is 22.7. The van der Waals surface area contributed by atoms with Crippen LogP contribution in [0.15, 0.2) is 53.5 Å². The first-order valence-corrected chi connectivity index (χ1v) is 11.5. The number of fused-ring (bicyclic) bond motifs is 1. The van der Waals surface area contributed by atoms with E-state index in [9.17, 15) is 14.4 Å². The molecule has 4 rings (SSSR count). The van der Waals surface area contributed by atoms with Gasteiger partial charge in [0.05, 0.1) is 11.4 Å². The molecule has 7 nitrogen and oxygen atoms in total. The largest absolute Gasteiger partial charge is 0.349 e. The summed E-state index contributed by atoms with van der Waals surface area (Å²) < 4.78 is 1.83. The standard InChI is InChI=1S/C26H30N4O3/c1-5-29-15-21(23(31)20-12-11-17(4)27-24(20)29)26(33)30-14-19(13-18-9-7-6-8-10-18)28-25(32)22(30)16(2)3/h6-12,15-16,19,22H,5,13-14H2,1-4H3,(H,28,32)/t19-,22+/m0/s1. The lowest BCUT2D eigenvalue weighted by atomic mass is 9.94. The summed E-state index contributed by atoms with van der Waals surface area (Å²) in [6, 6.07) is 12.5. The van der Waals surface area contributed by atoms with Gasteiger partial charge < -0.3 is 14.8 Å². The number of rotatable bonds is 5. The zero-order valence-corrected chi connectivity index (χ0v) is 19.5. The van der Waals surface area contributed by atoms with Crippen LogP contribution >= 0.6 is 0 Å². The maximum absolute atomic E-state index is 13.8. The number of pyridine rings is 2. The van der Waals surface area contributed by atoms with Crippen LogP contribution < -0.4 is 10.7 Å². The molecule has 7 heteroatoms. The van der Waals surface area contributed by atoms with Gasteiger partial charge in [0.25, 0.3) is 5.91 Å². The van der Waals surface area contributed by atoms with Crippen LogP contribution in [0.4, 0.5) is 0 Å². The van der Waals surface area contributed by atoms with E-state index in [0.717, 1.165) is 11.3 Å². The van der Waals surface area contributed by atoms with Gasteiger partial charge in [0, 0.05) is 25.0 Å². The second kappa shape index (κ2) is 9.17. The van der Waals surface area contributed by atoms with Gasteiger partial charge in [0.15, 0.2) is 0 Å². The third kappa shape index (κ3) is 4.40. The van der Waals surface area contributed by atoms with E-state index in [0.29, 0.717) is 30.5 Å². The smallest absolute Gasteiger partial charge is 0.260 e. The zero-order chi connectivity index (χ0) is 23.7. The number of nitrogens with zero attached hydrogens (tertiary/aromatic N) is 3. The molecule has 0 spiro atoms. The summed E-state index contributed by atoms with van der Waals surface area (Å²) in [4.78, 5) is 46.2. The highest BCUT2D eigenvalue weighted by atomic mass is 16.2.